The molecule has 32 heavy (non-hydrogen) atoms. The van der Waals surface area contributed by atoms with Crippen molar-refractivity contribution in [1.29, 1.82) is 0 Å². The van der Waals surface area contributed by atoms with Crippen LogP contribution in [0.3, 0.4) is 0 Å². The number of fused-ring (bicyclic) bond motifs is 4. The minimum Gasteiger partial charge on any atom is -0.491 e. The van der Waals surface area contributed by atoms with Crippen molar-refractivity contribution in [2.45, 2.75) is 41.4 Å². The molecule has 1 unspecified atom stereocenters. The molecule has 164 valence electrons. The lowest BCUT2D eigenvalue weighted by atomic mass is 9.77. The van der Waals surface area contributed by atoms with Crippen molar-refractivity contribution in [3.05, 3.63) is 83.9 Å². The Hall–Kier alpha value is -3.12. The molecule has 0 aliphatic carbocycles. The Labute approximate surface area is 188 Å². The zero-order chi connectivity index (χ0) is 22.3. The average molecular weight is 448 g/mol. The number of hydrogen-bond donors (Lipinski definition) is 0. The van der Waals surface area contributed by atoms with Crippen LogP contribution >= 0.6 is 0 Å². The van der Waals surface area contributed by atoms with Gasteiger partial charge in [0.25, 0.3) is 0 Å². The van der Waals surface area contributed by atoms with E-state index in [-0.39, 0.29) is 22.3 Å². The van der Waals surface area contributed by atoms with E-state index < -0.39 is 15.3 Å². The summed E-state index contributed by atoms with van der Waals surface area (Å²) in [7, 11) is -3.67. The van der Waals surface area contributed by atoms with E-state index in [0.29, 0.717) is 12.3 Å². The first-order chi connectivity index (χ1) is 15.5. The number of rotatable bonds is 6. The maximum Gasteiger partial charge on any atom is 0.245 e. The van der Waals surface area contributed by atoms with Crippen LogP contribution in [0.5, 0.6) is 5.75 Å². The van der Waals surface area contributed by atoms with Crippen LogP contribution < -0.4 is 9.64 Å². The number of para-hydroxylation sites is 1. The molecule has 5 nitrogen and oxygen atoms in total. The highest BCUT2D eigenvalue weighted by Gasteiger charge is 2.56. The Morgan fingerprint density at radius 2 is 1.66 bits per heavy atom. The molecule has 0 radical (unpaired) electrons. The molecule has 0 aromatic heterocycles. The number of hydrogen-bond acceptors (Lipinski definition) is 4. The number of carbonyl (C=O) groups is 1. The lowest BCUT2D eigenvalue weighted by Crippen LogP contribution is -2.42. The summed E-state index contributed by atoms with van der Waals surface area (Å²) < 4.78 is 32.2. The van der Waals surface area contributed by atoms with E-state index >= 15 is 0 Å². The maximum atomic E-state index is 13.8. The molecular weight excluding hydrogens is 422 g/mol. The molecular formula is C26H25NO4S. The molecule has 0 saturated carbocycles. The van der Waals surface area contributed by atoms with Crippen molar-refractivity contribution >= 4 is 21.4 Å². The number of sulfone groups is 1. The van der Waals surface area contributed by atoms with Crippen LogP contribution in [0.1, 0.15) is 37.3 Å². The lowest BCUT2D eigenvalue weighted by Gasteiger charge is -2.23. The molecule has 3 aromatic rings. The van der Waals surface area contributed by atoms with Crippen molar-refractivity contribution in [2.24, 2.45) is 0 Å². The molecule has 1 amide bonds. The van der Waals surface area contributed by atoms with Gasteiger partial charge in [0.05, 0.1) is 9.79 Å². The summed E-state index contributed by atoms with van der Waals surface area (Å²) in [5.41, 5.74) is 1.66. The van der Waals surface area contributed by atoms with E-state index in [1.165, 1.54) is 0 Å². The SMILES string of the molecule is CCCCCN1C(=O)C2(COc3cc(S(=O)(=O)c4ccccc4)ccc32)c2ccccc21. The largest absolute Gasteiger partial charge is 0.491 e. The van der Waals surface area contributed by atoms with Crippen LogP contribution in [0, 0.1) is 0 Å². The summed E-state index contributed by atoms with van der Waals surface area (Å²) in [6, 6.07) is 21.1. The van der Waals surface area contributed by atoms with Crippen molar-refractivity contribution in [3.63, 3.8) is 0 Å². The van der Waals surface area contributed by atoms with Gasteiger partial charge in [0.15, 0.2) is 0 Å². The number of nitrogens with zero attached hydrogens (tertiary/aromatic N) is 1. The van der Waals surface area contributed by atoms with Gasteiger partial charge in [0.1, 0.15) is 17.8 Å². The smallest absolute Gasteiger partial charge is 0.245 e. The van der Waals surface area contributed by atoms with Crippen LogP contribution in [0.25, 0.3) is 0 Å². The Bertz CT molecular complexity index is 1290. The summed E-state index contributed by atoms with van der Waals surface area (Å²) in [5.74, 6) is 0.466. The van der Waals surface area contributed by atoms with Crippen LogP contribution in [0.2, 0.25) is 0 Å². The summed E-state index contributed by atoms with van der Waals surface area (Å²) in [5, 5.41) is 0. The predicted molar refractivity (Wildman–Crippen MR) is 123 cm³/mol. The summed E-state index contributed by atoms with van der Waals surface area (Å²) in [6.07, 6.45) is 3.08. The van der Waals surface area contributed by atoms with Crippen LogP contribution in [0.15, 0.2) is 82.6 Å². The predicted octanol–water partition coefficient (Wildman–Crippen LogP) is 4.73. The van der Waals surface area contributed by atoms with Gasteiger partial charge >= 0.3 is 0 Å². The number of amides is 1. The van der Waals surface area contributed by atoms with E-state index in [9.17, 15) is 13.2 Å². The number of carbonyl (C=O) groups excluding carboxylic acids is 1. The van der Waals surface area contributed by atoms with Gasteiger partial charge in [0.2, 0.25) is 15.7 Å². The number of benzene rings is 3. The molecule has 0 fully saturated rings. The van der Waals surface area contributed by atoms with Crippen LogP contribution in [0.4, 0.5) is 5.69 Å². The standard InChI is InChI=1S/C26H25NO4S/c1-2-3-9-16-27-23-13-8-7-12-21(23)26(25(27)28)18-31-24-17-20(14-15-22(24)26)32(29,30)19-10-5-4-6-11-19/h4-8,10-15,17H,2-3,9,16,18H2,1H3. The van der Waals surface area contributed by atoms with Crippen LogP contribution in [-0.4, -0.2) is 27.5 Å². The zero-order valence-corrected chi connectivity index (χ0v) is 18.8. The van der Waals surface area contributed by atoms with Gasteiger partial charge in [-0.3, -0.25) is 4.79 Å². The van der Waals surface area contributed by atoms with Gasteiger partial charge in [-0.1, -0.05) is 62.2 Å². The van der Waals surface area contributed by atoms with Gasteiger partial charge < -0.3 is 9.64 Å². The number of ether oxygens (including phenoxy) is 1. The topological polar surface area (TPSA) is 63.7 Å². The Kier molecular flexibility index (Phi) is 5.05. The first-order valence-electron chi connectivity index (χ1n) is 11.0. The molecule has 0 bridgehead atoms. The highest BCUT2D eigenvalue weighted by atomic mass is 32.2. The Morgan fingerprint density at radius 3 is 2.44 bits per heavy atom. The fourth-order valence-electron chi connectivity index (χ4n) is 4.81. The van der Waals surface area contributed by atoms with Gasteiger partial charge in [0, 0.05) is 17.8 Å². The summed E-state index contributed by atoms with van der Waals surface area (Å²) in [4.78, 5) is 16.0. The zero-order valence-electron chi connectivity index (χ0n) is 18.0. The number of unbranched alkanes of at least 4 members (excludes halogenated alkanes) is 2. The Balaban J connectivity index is 1.58. The van der Waals surface area contributed by atoms with Crippen molar-refractivity contribution in [2.75, 3.05) is 18.1 Å². The Morgan fingerprint density at radius 1 is 0.906 bits per heavy atom. The van der Waals surface area contributed by atoms with Gasteiger partial charge in [-0.15, -0.1) is 0 Å². The van der Waals surface area contributed by atoms with E-state index in [1.807, 2.05) is 29.2 Å². The third-order valence-electron chi connectivity index (χ3n) is 6.47. The molecule has 1 atom stereocenters. The fourth-order valence-corrected chi connectivity index (χ4v) is 6.10. The minimum absolute atomic E-state index is 0.00668. The van der Waals surface area contributed by atoms with Gasteiger partial charge in [-0.2, -0.15) is 0 Å². The first-order valence-corrected chi connectivity index (χ1v) is 12.5. The van der Waals surface area contributed by atoms with E-state index in [4.69, 9.17) is 4.74 Å². The molecule has 2 aliphatic heterocycles. The highest BCUT2D eigenvalue weighted by molar-refractivity contribution is 7.91. The van der Waals surface area contributed by atoms with Gasteiger partial charge in [-0.25, -0.2) is 8.42 Å². The maximum absolute atomic E-state index is 13.8. The second-order valence-electron chi connectivity index (χ2n) is 8.35. The average Bonchev–Trinajstić information content (AvgIpc) is 3.32. The molecule has 2 heterocycles. The normalized spacial score (nSPS) is 19.2. The molecule has 0 N–H and O–H groups in total. The molecule has 6 heteroatoms. The lowest BCUT2D eigenvalue weighted by molar-refractivity contribution is -0.122. The molecule has 0 saturated heterocycles. The quantitative estimate of drug-likeness (QED) is 0.512. The number of anilines is 1. The fraction of sp³-hybridized carbons (Fsp3) is 0.269. The van der Waals surface area contributed by atoms with Crippen molar-refractivity contribution in [1.82, 2.24) is 0 Å². The monoisotopic (exact) mass is 447 g/mol. The summed E-state index contributed by atoms with van der Waals surface area (Å²) >= 11 is 0. The van der Waals surface area contributed by atoms with Gasteiger partial charge in [-0.05, 0) is 42.3 Å². The molecule has 5 rings (SSSR count). The third kappa shape index (κ3) is 2.97. The second kappa shape index (κ2) is 7.78. The molecule has 2 aliphatic rings. The molecule has 3 aromatic carbocycles. The van der Waals surface area contributed by atoms with E-state index in [2.05, 4.69) is 6.92 Å². The van der Waals surface area contributed by atoms with E-state index in [1.54, 1.807) is 48.5 Å². The van der Waals surface area contributed by atoms with E-state index in [0.717, 1.165) is 36.1 Å². The first kappa shape index (κ1) is 20.8. The van der Waals surface area contributed by atoms with Crippen molar-refractivity contribution in [3.8, 4) is 5.75 Å². The molecule has 1 spiro atoms. The van der Waals surface area contributed by atoms with Crippen LogP contribution in [-0.2, 0) is 20.0 Å². The third-order valence-corrected chi connectivity index (χ3v) is 8.24. The second-order valence-corrected chi connectivity index (χ2v) is 10.3. The minimum atomic E-state index is -3.67. The summed E-state index contributed by atoms with van der Waals surface area (Å²) in [6.45, 7) is 2.99. The highest BCUT2D eigenvalue weighted by Crippen LogP contribution is 2.52. The van der Waals surface area contributed by atoms with Crippen molar-refractivity contribution < 1.29 is 17.9 Å².